The fraction of sp³-hybridized carbons (Fsp3) is 0.579. The van der Waals surface area contributed by atoms with Gasteiger partial charge in [-0.1, -0.05) is 19.9 Å². The third-order valence-electron chi connectivity index (χ3n) is 5.14. The quantitative estimate of drug-likeness (QED) is 0.722. The van der Waals surface area contributed by atoms with Crippen LogP contribution in [-0.2, 0) is 9.59 Å². The Morgan fingerprint density at radius 1 is 1.23 bits per heavy atom. The molecule has 1 fully saturated rings. The number of rotatable bonds is 8. The van der Waals surface area contributed by atoms with Gasteiger partial charge >= 0.3 is 0 Å². The van der Waals surface area contributed by atoms with Crippen LogP contribution in [0.3, 0.4) is 0 Å². The number of anilines is 1. The number of nitrogens with zero attached hydrogens (tertiary/aromatic N) is 1. The highest BCUT2D eigenvalue weighted by Crippen LogP contribution is 2.27. The average Bonchev–Trinajstić information content (AvgIpc) is 3.17. The summed E-state index contributed by atoms with van der Waals surface area (Å²) in [4.78, 5) is 26.5. The number of nitrogens with one attached hydrogen (secondary N) is 1. The standard InChI is InChI=1S/C19H29N3O3.ClH/c1-3-19(4-2,14-20)18(24)21-15-8-7-9-16(12-15)25-13-17(23)22-10-5-6-11-22;/h7-9,12H,3-6,10-11,13-14,20H2,1-2H3,(H,21,24);1H. The number of likely N-dealkylation sites (tertiary alicyclic amines) is 1. The Kier molecular flexibility index (Phi) is 8.88. The molecule has 0 bridgehead atoms. The van der Waals surface area contributed by atoms with E-state index in [0.717, 1.165) is 25.9 Å². The van der Waals surface area contributed by atoms with Crippen molar-refractivity contribution in [1.29, 1.82) is 0 Å². The maximum Gasteiger partial charge on any atom is 0.260 e. The number of halogens is 1. The van der Waals surface area contributed by atoms with Crippen molar-refractivity contribution in [1.82, 2.24) is 4.90 Å². The van der Waals surface area contributed by atoms with E-state index in [4.69, 9.17) is 10.5 Å². The maximum atomic E-state index is 12.6. The Labute approximate surface area is 161 Å². The van der Waals surface area contributed by atoms with Crippen molar-refractivity contribution < 1.29 is 14.3 Å². The number of ether oxygens (including phenoxy) is 1. The Bertz CT molecular complexity index is 591. The molecule has 1 aromatic carbocycles. The third kappa shape index (κ3) is 5.35. The van der Waals surface area contributed by atoms with E-state index in [9.17, 15) is 9.59 Å². The molecule has 0 aromatic heterocycles. The molecule has 2 amide bonds. The lowest BCUT2D eigenvalue weighted by atomic mass is 9.81. The fourth-order valence-electron chi connectivity index (χ4n) is 3.08. The highest BCUT2D eigenvalue weighted by molar-refractivity contribution is 5.95. The Balaban J connectivity index is 0.00000338. The summed E-state index contributed by atoms with van der Waals surface area (Å²) in [7, 11) is 0. The lowest BCUT2D eigenvalue weighted by Crippen LogP contribution is -2.41. The molecule has 6 nitrogen and oxygen atoms in total. The summed E-state index contributed by atoms with van der Waals surface area (Å²) < 4.78 is 5.60. The summed E-state index contributed by atoms with van der Waals surface area (Å²) >= 11 is 0. The van der Waals surface area contributed by atoms with Gasteiger partial charge in [0.15, 0.2) is 6.61 Å². The van der Waals surface area contributed by atoms with Gasteiger partial charge < -0.3 is 20.7 Å². The van der Waals surface area contributed by atoms with Crippen LogP contribution in [-0.4, -0.2) is 43.0 Å². The lowest BCUT2D eigenvalue weighted by Gasteiger charge is -2.28. The second-order valence-electron chi connectivity index (χ2n) is 6.55. The third-order valence-corrected chi connectivity index (χ3v) is 5.14. The molecular weight excluding hydrogens is 354 g/mol. The number of hydrogen-bond donors (Lipinski definition) is 2. The number of carbonyl (C=O) groups is 2. The number of carbonyl (C=O) groups excluding carboxylic acids is 2. The first kappa shape index (κ1) is 22.3. The van der Waals surface area contributed by atoms with Crippen LogP contribution in [0, 0.1) is 5.41 Å². The van der Waals surface area contributed by atoms with Gasteiger partial charge in [0.25, 0.3) is 5.91 Å². The predicted octanol–water partition coefficient (Wildman–Crippen LogP) is 2.81. The first-order chi connectivity index (χ1) is 12.0. The van der Waals surface area contributed by atoms with E-state index in [1.807, 2.05) is 18.7 Å². The molecule has 7 heteroatoms. The molecule has 1 heterocycles. The smallest absolute Gasteiger partial charge is 0.260 e. The van der Waals surface area contributed by atoms with Crippen molar-refractivity contribution >= 4 is 29.9 Å². The van der Waals surface area contributed by atoms with Crippen LogP contribution in [0.2, 0.25) is 0 Å². The molecule has 1 saturated heterocycles. The molecule has 0 aliphatic carbocycles. The van der Waals surface area contributed by atoms with Gasteiger partial charge in [-0.25, -0.2) is 0 Å². The summed E-state index contributed by atoms with van der Waals surface area (Å²) in [5, 5.41) is 2.92. The molecule has 0 atom stereocenters. The van der Waals surface area contributed by atoms with Crippen LogP contribution < -0.4 is 15.8 Å². The van der Waals surface area contributed by atoms with E-state index < -0.39 is 5.41 Å². The van der Waals surface area contributed by atoms with Crippen molar-refractivity contribution in [2.24, 2.45) is 11.1 Å². The molecule has 1 aliphatic heterocycles. The summed E-state index contributed by atoms with van der Waals surface area (Å²) in [6.45, 7) is 5.90. The zero-order valence-corrected chi connectivity index (χ0v) is 16.4. The van der Waals surface area contributed by atoms with Gasteiger partial charge in [0.05, 0.1) is 5.41 Å². The SMILES string of the molecule is CCC(CC)(CN)C(=O)Nc1cccc(OCC(=O)N2CCCC2)c1.Cl. The largest absolute Gasteiger partial charge is 0.484 e. The minimum absolute atomic E-state index is 0. The molecule has 1 aliphatic rings. The van der Waals surface area contributed by atoms with Gasteiger partial charge in [0, 0.05) is 31.4 Å². The number of amides is 2. The first-order valence-electron chi connectivity index (χ1n) is 9.07. The zero-order chi connectivity index (χ0) is 18.3. The van der Waals surface area contributed by atoms with E-state index in [-0.39, 0.29) is 30.8 Å². The number of benzene rings is 1. The van der Waals surface area contributed by atoms with Crippen LogP contribution in [0.25, 0.3) is 0 Å². The van der Waals surface area contributed by atoms with Crippen molar-refractivity contribution in [3.05, 3.63) is 24.3 Å². The van der Waals surface area contributed by atoms with E-state index in [1.54, 1.807) is 24.3 Å². The molecule has 2 rings (SSSR count). The van der Waals surface area contributed by atoms with E-state index in [1.165, 1.54) is 0 Å². The zero-order valence-electron chi connectivity index (χ0n) is 15.6. The number of nitrogens with two attached hydrogens (primary N) is 1. The summed E-state index contributed by atoms with van der Waals surface area (Å²) in [5.41, 5.74) is 5.92. The van der Waals surface area contributed by atoms with Crippen LogP contribution in [0.1, 0.15) is 39.5 Å². The second-order valence-corrected chi connectivity index (χ2v) is 6.55. The normalized spacial score (nSPS) is 13.9. The van der Waals surface area contributed by atoms with E-state index in [2.05, 4.69) is 5.32 Å². The molecule has 0 saturated carbocycles. The van der Waals surface area contributed by atoms with Gasteiger partial charge in [-0.2, -0.15) is 0 Å². The van der Waals surface area contributed by atoms with Crippen molar-refractivity contribution in [2.45, 2.75) is 39.5 Å². The van der Waals surface area contributed by atoms with Crippen LogP contribution in [0.4, 0.5) is 5.69 Å². The van der Waals surface area contributed by atoms with Gasteiger partial charge in [-0.3, -0.25) is 9.59 Å². The number of hydrogen-bond acceptors (Lipinski definition) is 4. The van der Waals surface area contributed by atoms with E-state index >= 15 is 0 Å². The van der Waals surface area contributed by atoms with Gasteiger partial charge in [0.1, 0.15) is 5.75 Å². The van der Waals surface area contributed by atoms with Crippen molar-refractivity contribution in [3.8, 4) is 5.75 Å². The second kappa shape index (κ2) is 10.4. The lowest BCUT2D eigenvalue weighted by molar-refractivity contribution is -0.132. The van der Waals surface area contributed by atoms with Gasteiger partial charge in [-0.05, 0) is 37.8 Å². The van der Waals surface area contributed by atoms with Gasteiger partial charge in [0.2, 0.25) is 5.91 Å². The van der Waals surface area contributed by atoms with Crippen LogP contribution in [0.5, 0.6) is 5.75 Å². The highest BCUT2D eigenvalue weighted by Gasteiger charge is 2.33. The molecule has 26 heavy (non-hydrogen) atoms. The molecule has 1 aromatic rings. The summed E-state index contributed by atoms with van der Waals surface area (Å²) in [6.07, 6.45) is 3.49. The predicted molar refractivity (Wildman–Crippen MR) is 106 cm³/mol. The Morgan fingerprint density at radius 3 is 2.46 bits per heavy atom. The topological polar surface area (TPSA) is 84.7 Å². The van der Waals surface area contributed by atoms with Gasteiger partial charge in [-0.15, -0.1) is 12.4 Å². The minimum atomic E-state index is -0.553. The first-order valence-corrected chi connectivity index (χ1v) is 9.07. The van der Waals surface area contributed by atoms with Crippen LogP contribution >= 0.6 is 12.4 Å². The van der Waals surface area contributed by atoms with Crippen LogP contribution in [0.15, 0.2) is 24.3 Å². The molecule has 0 unspecified atom stereocenters. The van der Waals surface area contributed by atoms with E-state index in [0.29, 0.717) is 30.8 Å². The highest BCUT2D eigenvalue weighted by atomic mass is 35.5. The molecule has 146 valence electrons. The maximum absolute atomic E-state index is 12.6. The Hall–Kier alpha value is -1.79. The molecule has 3 N–H and O–H groups in total. The Morgan fingerprint density at radius 2 is 1.88 bits per heavy atom. The van der Waals surface area contributed by atoms with Crippen molar-refractivity contribution in [2.75, 3.05) is 31.6 Å². The average molecular weight is 384 g/mol. The minimum Gasteiger partial charge on any atom is -0.484 e. The molecular formula is C19H30ClN3O3. The summed E-state index contributed by atoms with van der Waals surface area (Å²) in [5.74, 6) is 0.494. The fourth-order valence-corrected chi connectivity index (χ4v) is 3.08. The van der Waals surface area contributed by atoms with Crippen molar-refractivity contribution in [3.63, 3.8) is 0 Å². The molecule has 0 radical (unpaired) electrons. The monoisotopic (exact) mass is 383 g/mol. The molecule has 0 spiro atoms. The summed E-state index contributed by atoms with van der Waals surface area (Å²) in [6, 6.07) is 7.12.